The van der Waals surface area contributed by atoms with Gasteiger partial charge in [0, 0.05) is 12.8 Å². The molecular formula is C18H16F3N3O2S. The van der Waals surface area contributed by atoms with Crippen LogP contribution in [-0.2, 0) is 22.3 Å². The van der Waals surface area contributed by atoms with Gasteiger partial charge < -0.3 is 10.1 Å². The van der Waals surface area contributed by atoms with E-state index in [-0.39, 0.29) is 23.6 Å². The molecule has 0 fully saturated rings. The molecule has 0 radical (unpaired) electrons. The molecule has 2 rings (SSSR count). The zero-order chi connectivity index (χ0) is 20.0. The number of ether oxygens (including phenoxy) is 1. The number of aromatic nitrogens is 1. The number of rotatable bonds is 6. The molecule has 5 nitrogen and oxygen atoms in total. The molecule has 0 saturated carbocycles. The van der Waals surface area contributed by atoms with E-state index in [1.807, 2.05) is 6.07 Å². The van der Waals surface area contributed by atoms with Gasteiger partial charge in [-0.25, -0.2) is 4.98 Å². The van der Waals surface area contributed by atoms with Crippen molar-refractivity contribution >= 4 is 23.4 Å². The number of nitrogens with zero attached hydrogens (tertiary/aromatic N) is 2. The number of pyridine rings is 1. The van der Waals surface area contributed by atoms with Crippen molar-refractivity contribution in [2.75, 3.05) is 18.2 Å². The van der Waals surface area contributed by atoms with E-state index < -0.39 is 17.6 Å². The number of carbonyl (C=O) groups is 1. The average molecular weight is 395 g/mol. The van der Waals surface area contributed by atoms with Crippen molar-refractivity contribution in [2.24, 2.45) is 0 Å². The number of methoxy groups -OCH3 is 1. The van der Waals surface area contributed by atoms with Crippen molar-refractivity contribution in [3.05, 3.63) is 52.7 Å². The van der Waals surface area contributed by atoms with Gasteiger partial charge in [-0.2, -0.15) is 18.4 Å². The summed E-state index contributed by atoms with van der Waals surface area (Å²) in [5, 5.41) is 12.0. The number of nitriles is 1. The molecule has 27 heavy (non-hydrogen) atoms. The molecule has 2 aromatic rings. The fourth-order valence-corrected chi connectivity index (χ4v) is 3.23. The number of benzene rings is 1. The van der Waals surface area contributed by atoms with Gasteiger partial charge in [-0.3, -0.25) is 4.79 Å². The van der Waals surface area contributed by atoms with Crippen LogP contribution in [0.15, 0.2) is 35.4 Å². The summed E-state index contributed by atoms with van der Waals surface area (Å²) in [4.78, 5) is 16.4. The highest BCUT2D eigenvalue weighted by molar-refractivity contribution is 8.00. The summed E-state index contributed by atoms with van der Waals surface area (Å²) in [7, 11) is 1.50. The Balaban J connectivity index is 2.15. The fraction of sp³-hybridized carbons (Fsp3) is 0.278. The number of alkyl halides is 3. The van der Waals surface area contributed by atoms with Gasteiger partial charge in [0.15, 0.2) is 0 Å². The van der Waals surface area contributed by atoms with Gasteiger partial charge in [-0.05, 0) is 30.7 Å². The lowest BCUT2D eigenvalue weighted by Crippen LogP contribution is -2.18. The fourth-order valence-electron chi connectivity index (χ4n) is 2.36. The number of carbonyl (C=O) groups excluding carboxylic acids is 1. The summed E-state index contributed by atoms with van der Waals surface area (Å²) >= 11 is 0.984. The second kappa shape index (κ2) is 8.88. The summed E-state index contributed by atoms with van der Waals surface area (Å²) < 4.78 is 44.0. The van der Waals surface area contributed by atoms with Crippen LogP contribution < -0.4 is 5.32 Å². The predicted octanol–water partition coefficient (Wildman–Crippen LogP) is 4.16. The second-order valence-corrected chi connectivity index (χ2v) is 6.49. The van der Waals surface area contributed by atoms with Crippen LogP contribution in [-0.4, -0.2) is 23.8 Å². The van der Waals surface area contributed by atoms with E-state index in [4.69, 9.17) is 4.74 Å². The molecule has 0 spiro atoms. The lowest BCUT2D eigenvalue weighted by molar-refractivity contribution is -0.137. The maximum Gasteiger partial charge on any atom is 0.418 e. The molecule has 0 aliphatic carbocycles. The molecule has 0 aliphatic rings. The van der Waals surface area contributed by atoms with E-state index >= 15 is 0 Å². The number of hydrogen-bond acceptors (Lipinski definition) is 5. The van der Waals surface area contributed by atoms with Gasteiger partial charge in [0.25, 0.3) is 0 Å². The Morgan fingerprint density at radius 3 is 2.70 bits per heavy atom. The number of hydrogen-bond donors (Lipinski definition) is 1. The largest absolute Gasteiger partial charge is 0.418 e. The Morgan fingerprint density at radius 1 is 1.37 bits per heavy atom. The minimum Gasteiger partial charge on any atom is -0.380 e. The third-order valence-electron chi connectivity index (χ3n) is 3.45. The van der Waals surface area contributed by atoms with Crippen LogP contribution in [0, 0.1) is 18.3 Å². The Hall–Kier alpha value is -2.57. The zero-order valence-electron chi connectivity index (χ0n) is 14.6. The smallest absolute Gasteiger partial charge is 0.380 e. The van der Waals surface area contributed by atoms with Crippen LogP contribution in [0.4, 0.5) is 18.9 Å². The Kier molecular flexibility index (Phi) is 6.82. The summed E-state index contributed by atoms with van der Waals surface area (Å²) in [6.45, 7) is 1.95. The quantitative estimate of drug-likeness (QED) is 0.744. The van der Waals surface area contributed by atoms with Gasteiger partial charge in [0.1, 0.15) is 11.1 Å². The Bertz CT molecular complexity index is 879. The van der Waals surface area contributed by atoms with E-state index in [9.17, 15) is 23.2 Å². The molecule has 1 amide bonds. The summed E-state index contributed by atoms with van der Waals surface area (Å²) in [5.41, 5.74) is 0.339. The van der Waals surface area contributed by atoms with E-state index in [0.29, 0.717) is 16.3 Å². The third-order valence-corrected chi connectivity index (χ3v) is 4.43. The first-order valence-electron chi connectivity index (χ1n) is 7.74. The SMILES string of the molecule is COCc1cc(C)nc(SCC(=O)Nc2ccccc2C(F)(F)F)c1C#N. The highest BCUT2D eigenvalue weighted by Crippen LogP contribution is 2.34. The molecule has 1 heterocycles. The normalized spacial score (nSPS) is 11.1. The minimum absolute atomic E-state index is 0.191. The zero-order valence-corrected chi connectivity index (χ0v) is 15.4. The molecule has 142 valence electrons. The first-order chi connectivity index (χ1) is 12.8. The highest BCUT2D eigenvalue weighted by Gasteiger charge is 2.33. The molecule has 0 unspecified atom stereocenters. The van der Waals surface area contributed by atoms with Crippen LogP contribution >= 0.6 is 11.8 Å². The molecule has 0 bridgehead atoms. The molecule has 9 heteroatoms. The van der Waals surface area contributed by atoms with Crippen LogP contribution in [0.3, 0.4) is 0 Å². The van der Waals surface area contributed by atoms with Crippen molar-refractivity contribution in [2.45, 2.75) is 24.7 Å². The first kappa shape index (κ1) is 20.7. The standard InChI is InChI=1S/C18H16F3N3O2S/c1-11-7-12(9-26-2)13(8-22)17(23-11)27-10-16(25)24-15-6-4-3-5-14(15)18(19,20)21/h3-7H,9-10H2,1-2H3,(H,24,25). The number of aryl methyl sites for hydroxylation is 1. The van der Waals surface area contributed by atoms with Crippen molar-refractivity contribution in [1.29, 1.82) is 5.26 Å². The van der Waals surface area contributed by atoms with Gasteiger partial charge >= 0.3 is 6.18 Å². The molecule has 0 atom stereocenters. The third kappa shape index (κ3) is 5.45. The number of para-hydroxylation sites is 1. The molecule has 0 aliphatic heterocycles. The maximum absolute atomic E-state index is 13.0. The van der Waals surface area contributed by atoms with Gasteiger partial charge in [-0.15, -0.1) is 0 Å². The van der Waals surface area contributed by atoms with Gasteiger partial charge in [-0.1, -0.05) is 23.9 Å². The van der Waals surface area contributed by atoms with E-state index in [1.165, 1.54) is 25.3 Å². The Labute approximate surface area is 158 Å². The molecule has 1 aromatic carbocycles. The monoisotopic (exact) mass is 395 g/mol. The predicted molar refractivity (Wildman–Crippen MR) is 95.2 cm³/mol. The number of halogens is 3. The number of nitrogens with one attached hydrogen (secondary N) is 1. The molecule has 0 saturated heterocycles. The summed E-state index contributed by atoms with van der Waals surface area (Å²) in [5.74, 6) is -0.818. The van der Waals surface area contributed by atoms with E-state index in [1.54, 1.807) is 13.0 Å². The Morgan fingerprint density at radius 2 is 2.07 bits per heavy atom. The van der Waals surface area contributed by atoms with Crippen LogP contribution in [0.2, 0.25) is 0 Å². The first-order valence-corrected chi connectivity index (χ1v) is 8.73. The van der Waals surface area contributed by atoms with E-state index in [0.717, 1.165) is 17.8 Å². The van der Waals surface area contributed by atoms with Gasteiger partial charge in [0.2, 0.25) is 5.91 Å². The van der Waals surface area contributed by atoms with Crippen LogP contribution in [0.25, 0.3) is 0 Å². The summed E-state index contributed by atoms with van der Waals surface area (Å²) in [6, 6.07) is 8.49. The number of thioether (sulfide) groups is 1. The number of anilines is 1. The van der Waals surface area contributed by atoms with Crippen molar-refractivity contribution in [3.63, 3.8) is 0 Å². The highest BCUT2D eigenvalue weighted by atomic mass is 32.2. The van der Waals surface area contributed by atoms with E-state index in [2.05, 4.69) is 10.3 Å². The number of amides is 1. The van der Waals surface area contributed by atoms with Crippen LogP contribution in [0.5, 0.6) is 0 Å². The van der Waals surface area contributed by atoms with Crippen molar-refractivity contribution < 1.29 is 22.7 Å². The molecular weight excluding hydrogens is 379 g/mol. The topological polar surface area (TPSA) is 75.0 Å². The maximum atomic E-state index is 13.0. The lowest BCUT2D eigenvalue weighted by Gasteiger charge is -2.13. The van der Waals surface area contributed by atoms with Gasteiger partial charge in [0.05, 0.1) is 29.2 Å². The summed E-state index contributed by atoms with van der Waals surface area (Å²) in [6.07, 6.45) is -4.57. The second-order valence-electron chi connectivity index (χ2n) is 5.53. The lowest BCUT2D eigenvalue weighted by atomic mass is 10.1. The van der Waals surface area contributed by atoms with Crippen LogP contribution in [0.1, 0.15) is 22.4 Å². The molecule has 1 aromatic heterocycles. The minimum atomic E-state index is -4.57. The molecule has 1 N–H and O–H groups in total. The van der Waals surface area contributed by atoms with Crippen molar-refractivity contribution in [1.82, 2.24) is 4.98 Å². The van der Waals surface area contributed by atoms with Crippen molar-refractivity contribution in [3.8, 4) is 6.07 Å². The average Bonchev–Trinajstić information content (AvgIpc) is 2.59.